The van der Waals surface area contributed by atoms with Crippen LogP contribution in [-0.2, 0) is 0 Å². The predicted molar refractivity (Wildman–Crippen MR) is 56.9 cm³/mol. The van der Waals surface area contributed by atoms with E-state index in [4.69, 9.17) is 0 Å². The van der Waals surface area contributed by atoms with Gasteiger partial charge in [0.15, 0.2) is 5.75 Å². The first kappa shape index (κ1) is 10.1. The number of benzene rings is 1. The summed E-state index contributed by atoms with van der Waals surface area (Å²) in [7, 11) is 0. The lowest BCUT2D eigenvalue weighted by molar-refractivity contribution is 0.369. The first-order valence-corrected chi connectivity index (χ1v) is 4.42. The minimum Gasteiger partial charge on any atom is -0.507 e. The Labute approximate surface area is 89.5 Å². The molecular weight excluding hydrogens is 212 g/mol. The SMILES string of the molecule is O=c1cc2cccc(O)c2c(O)c(O)c1O. The third kappa shape index (κ3) is 1.30. The molecule has 5 heteroatoms. The summed E-state index contributed by atoms with van der Waals surface area (Å²) in [5.41, 5.74) is -0.839. The minimum absolute atomic E-state index is 0.0857. The van der Waals surface area contributed by atoms with E-state index in [1.165, 1.54) is 18.2 Å². The summed E-state index contributed by atoms with van der Waals surface area (Å²) >= 11 is 0. The molecule has 16 heavy (non-hydrogen) atoms. The molecule has 2 aromatic rings. The van der Waals surface area contributed by atoms with Gasteiger partial charge in [-0.3, -0.25) is 4.79 Å². The van der Waals surface area contributed by atoms with E-state index in [0.29, 0.717) is 0 Å². The van der Waals surface area contributed by atoms with E-state index in [2.05, 4.69) is 0 Å². The number of phenolic OH excluding ortho intramolecular Hbond substituents is 1. The van der Waals surface area contributed by atoms with Gasteiger partial charge in [0, 0.05) is 0 Å². The first-order valence-electron chi connectivity index (χ1n) is 4.42. The van der Waals surface area contributed by atoms with Gasteiger partial charge in [-0.15, -0.1) is 0 Å². The molecule has 0 amide bonds. The summed E-state index contributed by atoms with van der Waals surface area (Å²) in [5, 5.41) is 37.8. The Morgan fingerprint density at radius 2 is 1.56 bits per heavy atom. The lowest BCUT2D eigenvalue weighted by Gasteiger charge is -1.99. The zero-order chi connectivity index (χ0) is 11.9. The van der Waals surface area contributed by atoms with Crippen LogP contribution in [0.15, 0.2) is 29.1 Å². The van der Waals surface area contributed by atoms with Crippen LogP contribution in [0.1, 0.15) is 0 Å². The summed E-state index contributed by atoms with van der Waals surface area (Å²) in [6.45, 7) is 0. The van der Waals surface area contributed by atoms with Crippen molar-refractivity contribution in [2.45, 2.75) is 0 Å². The van der Waals surface area contributed by atoms with Crippen LogP contribution in [-0.4, -0.2) is 20.4 Å². The highest BCUT2D eigenvalue weighted by molar-refractivity contribution is 5.94. The van der Waals surface area contributed by atoms with Gasteiger partial charge in [0.1, 0.15) is 5.75 Å². The van der Waals surface area contributed by atoms with Gasteiger partial charge in [-0.05, 0) is 17.5 Å². The summed E-state index contributed by atoms with van der Waals surface area (Å²) in [6, 6.07) is 5.26. The molecule has 2 aromatic carbocycles. The molecule has 0 unspecified atom stereocenters. The monoisotopic (exact) mass is 220 g/mol. The Kier molecular flexibility index (Phi) is 2.09. The normalized spacial score (nSPS) is 10.5. The molecule has 0 heterocycles. The van der Waals surface area contributed by atoms with Crippen molar-refractivity contribution in [2.75, 3.05) is 0 Å². The summed E-state index contributed by atoms with van der Waals surface area (Å²) in [6.07, 6.45) is 0. The number of fused-ring (bicyclic) bond motifs is 1. The Hall–Kier alpha value is -2.43. The van der Waals surface area contributed by atoms with Gasteiger partial charge in [-0.1, -0.05) is 12.1 Å². The molecule has 0 spiro atoms. The number of phenols is 1. The van der Waals surface area contributed by atoms with Crippen LogP contribution in [0.5, 0.6) is 23.0 Å². The van der Waals surface area contributed by atoms with Crippen LogP contribution in [0, 0.1) is 0 Å². The highest BCUT2D eigenvalue weighted by Gasteiger charge is 2.14. The van der Waals surface area contributed by atoms with Crippen LogP contribution < -0.4 is 5.43 Å². The third-order valence-corrected chi connectivity index (χ3v) is 2.28. The molecule has 0 aliphatic carbocycles. The largest absolute Gasteiger partial charge is 0.507 e. The Bertz CT molecular complexity index is 633. The van der Waals surface area contributed by atoms with E-state index in [9.17, 15) is 25.2 Å². The van der Waals surface area contributed by atoms with Crippen molar-refractivity contribution < 1.29 is 20.4 Å². The molecule has 2 rings (SSSR count). The predicted octanol–water partition coefficient (Wildman–Crippen LogP) is 1.02. The fourth-order valence-electron chi connectivity index (χ4n) is 1.49. The van der Waals surface area contributed by atoms with Gasteiger partial charge in [-0.25, -0.2) is 0 Å². The average Bonchev–Trinajstić information content (AvgIpc) is 2.32. The van der Waals surface area contributed by atoms with Crippen molar-refractivity contribution in [1.29, 1.82) is 0 Å². The van der Waals surface area contributed by atoms with Crippen molar-refractivity contribution in [1.82, 2.24) is 0 Å². The highest BCUT2D eigenvalue weighted by Crippen LogP contribution is 2.40. The Balaban J connectivity index is 3.17. The topological polar surface area (TPSA) is 98.0 Å². The van der Waals surface area contributed by atoms with Gasteiger partial charge >= 0.3 is 0 Å². The second-order valence-corrected chi connectivity index (χ2v) is 3.30. The van der Waals surface area contributed by atoms with Crippen molar-refractivity contribution in [3.8, 4) is 23.0 Å². The van der Waals surface area contributed by atoms with Crippen molar-refractivity contribution in [3.63, 3.8) is 0 Å². The second-order valence-electron chi connectivity index (χ2n) is 3.30. The molecule has 0 radical (unpaired) electrons. The standard InChI is InChI=1S/C11H8O5/c12-6-3-1-2-5-4-7(13)9(14)11(16)10(15)8(5)6/h1-4,12H,(H3,13,14,15,16). The van der Waals surface area contributed by atoms with Crippen molar-refractivity contribution >= 4 is 10.8 Å². The molecule has 0 aliphatic rings. The molecule has 82 valence electrons. The smallest absolute Gasteiger partial charge is 0.224 e. The number of rotatable bonds is 0. The fourth-order valence-corrected chi connectivity index (χ4v) is 1.49. The lowest BCUT2D eigenvalue weighted by atomic mass is 10.1. The fraction of sp³-hybridized carbons (Fsp3) is 0. The van der Waals surface area contributed by atoms with Crippen LogP contribution in [0.25, 0.3) is 10.8 Å². The Morgan fingerprint density at radius 3 is 2.25 bits per heavy atom. The van der Waals surface area contributed by atoms with Crippen LogP contribution in [0.3, 0.4) is 0 Å². The van der Waals surface area contributed by atoms with E-state index < -0.39 is 22.7 Å². The maximum Gasteiger partial charge on any atom is 0.224 e. The first-order chi connectivity index (χ1) is 7.52. The van der Waals surface area contributed by atoms with Gasteiger partial charge < -0.3 is 20.4 Å². The zero-order valence-electron chi connectivity index (χ0n) is 8.01. The van der Waals surface area contributed by atoms with Gasteiger partial charge in [-0.2, -0.15) is 0 Å². The highest BCUT2D eigenvalue weighted by atomic mass is 16.3. The van der Waals surface area contributed by atoms with Crippen molar-refractivity contribution in [3.05, 3.63) is 34.5 Å². The maximum atomic E-state index is 11.3. The van der Waals surface area contributed by atoms with Gasteiger partial charge in [0.05, 0.1) is 5.39 Å². The molecular formula is C11H8O5. The molecule has 0 aromatic heterocycles. The molecule has 0 fully saturated rings. The molecule has 0 saturated carbocycles. The van der Waals surface area contributed by atoms with E-state index in [1.807, 2.05) is 0 Å². The zero-order valence-corrected chi connectivity index (χ0v) is 8.01. The minimum atomic E-state index is -0.951. The van der Waals surface area contributed by atoms with Gasteiger partial charge in [0.25, 0.3) is 0 Å². The maximum absolute atomic E-state index is 11.3. The average molecular weight is 220 g/mol. The Morgan fingerprint density at radius 1 is 0.875 bits per heavy atom. The van der Waals surface area contributed by atoms with E-state index in [0.717, 1.165) is 6.07 Å². The van der Waals surface area contributed by atoms with E-state index >= 15 is 0 Å². The molecule has 0 aliphatic heterocycles. The van der Waals surface area contributed by atoms with E-state index in [-0.39, 0.29) is 16.5 Å². The summed E-state index contributed by atoms with van der Waals surface area (Å²) in [5.74, 6) is -2.91. The van der Waals surface area contributed by atoms with Crippen LogP contribution >= 0.6 is 0 Å². The molecule has 5 nitrogen and oxygen atoms in total. The van der Waals surface area contributed by atoms with Crippen molar-refractivity contribution in [2.24, 2.45) is 0 Å². The third-order valence-electron chi connectivity index (χ3n) is 2.28. The summed E-state index contributed by atoms with van der Waals surface area (Å²) in [4.78, 5) is 11.3. The van der Waals surface area contributed by atoms with Crippen LogP contribution in [0.2, 0.25) is 0 Å². The molecule has 0 saturated heterocycles. The number of hydrogen-bond donors (Lipinski definition) is 4. The quantitative estimate of drug-likeness (QED) is 0.531. The second kappa shape index (κ2) is 3.30. The summed E-state index contributed by atoms with van der Waals surface area (Å²) < 4.78 is 0. The molecule has 4 N–H and O–H groups in total. The van der Waals surface area contributed by atoms with Gasteiger partial charge in [0.2, 0.25) is 16.9 Å². The molecule has 0 atom stereocenters. The van der Waals surface area contributed by atoms with Crippen LogP contribution in [0.4, 0.5) is 0 Å². The number of hydrogen-bond acceptors (Lipinski definition) is 5. The number of aromatic hydroxyl groups is 4. The van der Waals surface area contributed by atoms with E-state index in [1.54, 1.807) is 0 Å². The molecule has 0 bridgehead atoms. The lowest BCUT2D eigenvalue weighted by Crippen LogP contribution is -1.92.